The van der Waals surface area contributed by atoms with Gasteiger partial charge in [0, 0.05) is 18.4 Å². The Labute approximate surface area is 152 Å². The highest BCUT2D eigenvalue weighted by Gasteiger charge is 2.33. The van der Waals surface area contributed by atoms with Crippen LogP contribution in [-0.4, -0.2) is 36.6 Å². The maximum Gasteiger partial charge on any atom is 0.306 e. The predicted octanol–water partition coefficient (Wildman–Crippen LogP) is 4.37. The maximum atomic E-state index is 12.3. The Kier molecular flexibility index (Phi) is 6.52. The molecule has 2 fully saturated rings. The van der Waals surface area contributed by atoms with E-state index in [0.717, 1.165) is 6.42 Å². The van der Waals surface area contributed by atoms with Crippen molar-refractivity contribution >= 4 is 5.97 Å². The molecule has 25 heavy (non-hydrogen) atoms. The minimum Gasteiger partial charge on any atom is -0.465 e. The van der Waals surface area contributed by atoms with Gasteiger partial charge >= 0.3 is 5.97 Å². The predicted molar refractivity (Wildman–Crippen MR) is 102 cm³/mol. The molecule has 3 unspecified atom stereocenters. The van der Waals surface area contributed by atoms with Gasteiger partial charge in [-0.3, -0.25) is 9.69 Å². The van der Waals surface area contributed by atoms with E-state index in [0.29, 0.717) is 30.9 Å². The molecule has 0 bridgehead atoms. The Hall–Kier alpha value is -1.35. The summed E-state index contributed by atoms with van der Waals surface area (Å²) in [6.07, 6.45) is 7.88. The van der Waals surface area contributed by atoms with Gasteiger partial charge in [0.05, 0.1) is 6.61 Å². The lowest BCUT2D eigenvalue weighted by Gasteiger charge is -2.44. The first-order chi connectivity index (χ1) is 12.1. The number of nitrogens with zero attached hydrogens (tertiary/aromatic N) is 1. The molecule has 3 heteroatoms. The highest BCUT2D eigenvalue weighted by Crippen LogP contribution is 2.31. The average Bonchev–Trinajstić information content (AvgIpc) is 2.59. The zero-order valence-corrected chi connectivity index (χ0v) is 15.9. The van der Waals surface area contributed by atoms with Crippen molar-refractivity contribution in [3.8, 4) is 0 Å². The summed E-state index contributed by atoms with van der Waals surface area (Å²) in [5, 5.41) is 0. The Morgan fingerprint density at radius 3 is 2.92 bits per heavy atom. The summed E-state index contributed by atoms with van der Waals surface area (Å²) >= 11 is 0. The van der Waals surface area contributed by atoms with E-state index in [1.165, 1.54) is 56.3 Å². The lowest BCUT2D eigenvalue weighted by Crippen LogP contribution is -2.49. The lowest BCUT2D eigenvalue weighted by atomic mass is 9.84. The van der Waals surface area contributed by atoms with Crippen molar-refractivity contribution < 1.29 is 9.53 Å². The number of aryl methyl sites for hydroxylation is 1. The molecule has 0 spiro atoms. The van der Waals surface area contributed by atoms with Crippen molar-refractivity contribution in [2.24, 2.45) is 11.8 Å². The van der Waals surface area contributed by atoms with Gasteiger partial charge in [-0.15, -0.1) is 0 Å². The van der Waals surface area contributed by atoms with Crippen LogP contribution in [0.15, 0.2) is 24.3 Å². The number of fused-ring (bicyclic) bond motifs is 1. The normalized spacial score (nSPS) is 25.2. The van der Waals surface area contributed by atoms with Gasteiger partial charge in [-0.25, -0.2) is 0 Å². The summed E-state index contributed by atoms with van der Waals surface area (Å²) in [6, 6.07) is 9.21. The van der Waals surface area contributed by atoms with Crippen molar-refractivity contribution in [2.45, 2.75) is 64.8 Å². The molecule has 2 heterocycles. The van der Waals surface area contributed by atoms with E-state index in [9.17, 15) is 4.79 Å². The molecule has 2 aliphatic heterocycles. The first-order valence-electron chi connectivity index (χ1n) is 10.1. The minimum atomic E-state index is -0.0203. The van der Waals surface area contributed by atoms with Crippen LogP contribution in [-0.2, 0) is 16.0 Å². The molecule has 1 aromatic carbocycles. The molecular formula is C22H33NO2. The quantitative estimate of drug-likeness (QED) is 0.718. The Morgan fingerprint density at radius 2 is 2.08 bits per heavy atom. The first kappa shape index (κ1) is 18.4. The van der Waals surface area contributed by atoms with Crippen LogP contribution in [0.2, 0.25) is 0 Å². The van der Waals surface area contributed by atoms with Gasteiger partial charge in [-0.05, 0) is 63.6 Å². The third kappa shape index (κ3) is 5.31. The van der Waals surface area contributed by atoms with Crippen LogP contribution in [0.25, 0.3) is 0 Å². The van der Waals surface area contributed by atoms with Crippen LogP contribution in [0.4, 0.5) is 0 Å². The molecular weight excluding hydrogens is 310 g/mol. The number of hydrogen-bond donors (Lipinski definition) is 0. The topological polar surface area (TPSA) is 29.5 Å². The van der Waals surface area contributed by atoms with E-state index in [1.54, 1.807) is 0 Å². The third-order valence-electron chi connectivity index (χ3n) is 5.87. The molecule has 2 aliphatic rings. The SMILES string of the molecule is Cc1cccc(CC(C)CC(=O)OCC2CCCN3CCCCC23)c1. The molecule has 0 aliphatic carbocycles. The summed E-state index contributed by atoms with van der Waals surface area (Å²) in [4.78, 5) is 14.9. The van der Waals surface area contributed by atoms with Gasteiger partial charge in [0.2, 0.25) is 0 Å². The Balaban J connectivity index is 1.42. The van der Waals surface area contributed by atoms with Gasteiger partial charge in [-0.1, -0.05) is 43.2 Å². The van der Waals surface area contributed by atoms with Crippen molar-refractivity contribution in [1.29, 1.82) is 0 Å². The van der Waals surface area contributed by atoms with E-state index >= 15 is 0 Å². The zero-order valence-electron chi connectivity index (χ0n) is 15.9. The molecule has 3 nitrogen and oxygen atoms in total. The second-order valence-electron chi connectivity index (χ2n) is 8.19. The fraction of sp³-hybridized carbons (Fsp3) is 0.682. The molecule has 3 rings (SSSR count). The average molecular weight is 344 g/mol. The first-order valence-corrected chi connectivity index (χ1v) is 10.1. The summed E-state index contributed by atoms with van der Waals surface area (Å²) in [5.41, 5.74) is 2.59. The van der Waals surface area contributed by atoms with Crippen molar-refractivity contribution in [2.75, 3.05) is 19.7 Å². The van der Waals surface area contributed by atoms with Gasteiger partial charge in [-0.2, -0.15) is 0 Å². The van der Waals surface area contributed by atoms with Crippen LogP contribution in [0.3, 0.4) is 0 Å². The number of hydrogen-bond acceptors (Lipinski definition) is 3. The molecule has 0 aromatic heterocycles. The van der Waals surface area contributed by atoms with Crippen LogP contribution in [0.5, 0.6) is 0 Å². The number of ether oxygens (including phenoxy) is 1. The third-order valence-corrected chi connectivity index (χ3v) is 5.87. The summed E-state index contributed by atoms with van der Waals surface area (Å²) in [5.74, 6) is 0.852. The monoisotopic (exact) mass is 343 g/mol. The molecule has 138 valence electrons. The number of piperidine rings is 2. The van der Waals surface area contributed by atoms with Gasteiger partial charge in [0.25, 0.3) is 0 Å². The Morgan fingerprint density at radius 1 is 1.24 bits per heavy atom. The van der Waals surface area contributed by atoms with Crippen molar-refractivity contribution in [3.05, 3.63) is 35.4 Å². The highest BCUT2D eigenvalue weighted by atomic mass is 16.5. The number of rotatable bonds is 6. The largest absolute Gasteiger partial charge is 0.465 e. The molecule has 2 saturated heterocycles. The molecule has 0 amide bonds. The summed E-state index contributed by atoms with van der Waals surface area (Å²) in [6.45, 7) is 7.36. The highest BCUT2D eigenvalue weighted by molar-refractivity contribution is 5.69. The van der Waals surface area contributed by atoms with Crippen LogP contribution < -0.4 is 0 Å². The smallest absolute Gasteiger partial charge is 0.306 e. The van der Waals surface area contributed by atoms with E-state index in [-0.39, 0.29) is 5.97 Å². The van der Waals surface area contributed by atoms with Gasteiger partial charge < -0.3 is 4.74 Å². The zero-order chi connectivity index (χ0) is 17.6. The minimum absolute atomic E-state index is 0.0203. The van der Waals surface area contributed by atoms with E-state index in [4.69, 9.17) is 4.74 Å². The van der Waals surface area contributed by atoms with E-state index in [1.807, 2.05) is 0 Å². The van der Waals surface area contributed by atoms with Crippen molar-refractivity contribution in [1.82, 2.24) is 4.90 Å². The number of esters is 1. The molecule has 1 aromatic rings. The van der Waals surface area contributed by atoms with Crippen molar-refractivity contribution in [3.63, 3.8) is 0 Å². The van der Waals surface area contributed by atoms with E-state index in [2.05, 4.69) is 43.0 Å². The molecule has 0 saturated carbocycles. The number of carbonyl (C=O) groups excluding carboxylic acids is 1. The lowest BCUT2D eigenvalue weighted by molar-refractivity contribution is -0.147. The fourth-order valence-corrected chi connectivity index (χ4v) is 4.63. The van der Waals surface area contributed by atoms with Crippen LogP contribution in [0, 0.1) is 18.8 Å². The number of benzene rings is 1. The van der Waals surface area contributed by atoms with Gasteiger partial charge in [0.1, 0.15) is 0 Å². The Bertz CT molecular complexity index is 569. The maximum absolute atomic E-state index is 12.3. The van der Waals surface area contributed by atoms with Gasteiger partial charge in [0.15, 0.2) is 0 Å². The second kappa shape index (κ2) is 8.84. The summed E-state index contributed by atoms with van der Waals surface area (Å²) in [7, 11) is 0. The van der Waals surface area contributed by atoms with Crippen LogP contribution in [0.1, 0.15) is 56.6 Å². The molecule has 0 N–H and O–H groups in total. The second-order valence-corrected chi connectivity index (χ2v) is 8.19. The fourth-order valence-electron chi connectivity index (χ4n) is 4.63. The standard InChI is InChI=1S/C22H33NO2/c1-17-7-5-8-19(13-17)14-18(2)15-22(24)25-16-20-9-6-12-23-11-4-3-10-21(20)23/h5,7-8,13,18,20-21H,3-4,6,9-12,14-16H2,1-2H3. The molecule has 3 atom stereocenters. The number of carbonyl (C=O) groups is 1. The summed E-state index contributed by atoms with van der Waals surface area (Å²) < 4.78 is 5.70. The van der Waals surface area contributed by atoms with Crippen LogP contribution >= 0.6 is 0 Å². The molecule has 0 radical (unpaired) electrons. The van der Waals surface area contributed by atoms with E-state index < -0.39 is 0 Å².